The normalized spacial score (nSPS) is 15.0. The standard InChI is InChI=1S/C25H26N4O5S/c1-2-29-22-11-10-17(35(32,33)28-12-6-3-7-13-28)14-21(22)26-23(29)16-34-25(31)19-15-24(30)27-20-9-5-4-8-18(19)20/h4-5,8-11,14-15H,2-3,6-7,12-13,16H2,1H3,(H,27,30). The van der Waals surface area contributed by atoms with Gasteiger partial charge in [0, 0.05) is 36.6 Å². The summed E-state index contributed by atoms with van der Waals surface area (Å²) in [5.74, 6) is -0.132. The Morgan fingerprint density at radius 3 is 2.63 bits per heavy atom. The van der Waals surface area contributed by atoms with Gasteiger partial charge in [0.1, 0.15) is 12.4 Å². The highest BCUT2D eigenvalue weighted by Gasteiger charge is 2.27. The molecule has 35 heavy (non-hydrogen) atoms. The number of benzene rings is 2. The molecule has 10 heteroatoms. The van der Waals surface area contributed by atoms with Crippen molar-refractivity contribution in [3.63, 3.8) is 0 Å². The maximum Gasteiger partial charge on any atom is 0.339 e. The predicted octanol–water partition coefficient (Wildman–Crippen LogP) is 3.43. The van der Waals surface area contributed by atoms with E-state index in [0.717, 1.165) is 24.8 Å². The van der Waals surface area contributed by atoms with Gasteiger partial charge in [-0.25, -0.2) is 18.2 Å². The van der Waals surface area contributed by atoms with Crippen molar-refractivity contribution in [2.45, 2.75) is 44.2 Å². The summed E-state index contributed by atoms with van der Waals surface area (Å²) in [6, 6.07) is 13.2. The van der Waals surface area contributed by atoms with Gasteiger partial charge < -0.3 is 14.3 Å². The lowest BCUT2D eigenvalue weighted by Crippen LogP contribution is -2.35. The summed E-state index contributed by atoms with van der Waals surface area (Å²) < 4.78 is 35.1. The summed E-state index contributed by atoms with van der Waals surface area (Å²) in [7, 11) is -3.58. The number of aromatic nitrogens is 3. The first-order chi connectivity index (χ1) is 16.9. The number of rotatable bonds is 6. The van der Waals surface area contributed by atoms with E-state index in [9.17, 15) is 18.0 Å². The Labute approximate surface area is 202 Å². The van der Waals surface area contributed by atoms with Crippen LogP contribution in [0.5, 0.6) is 0 Å². The average molecular weight is 495 g/mol. The fourth-order valence-corrected chi connectivity index (χ4v) is 6.16. The maximum absolute atomic E-state index is 13.1. The van der Waals surface area contributed by atoms with Crippen LogP contribution in [0.1, 0.15) is 42.4 Å². The number of imidazole rings is 1. The summed E-state index contributed by atoms with van der Waals surface area (Å²) in [6.07, 6.45) is 2.77. The van der Waals surface area contributed by atoms with E-state index in [1.807, 2.05) is 11.5 Å². The van der Waals surface area contributed by atoms with Crippen molar-refractivity contribution in [3.05, 3.63) is 70.3 Å². The van der Waals surface area contributed by atoms with Crippen molar-refractivity contribution in [2.24, 2.45) is 0 Å². The molecule has 0 aliphatic carbocycles. The third-order valence-electron chi connectivity index (χ3n) is 6.37. The number of piperidine rings is 1. The second-order valence-corrected chi connectivity index (χ2v) is 10.5. The maximum atomic E-state index is 13.1. The van der Waals surface area contributed by atoms with E-state index in [1.54, 1.807) is 42.5 Å². The minimum Gasteiger partial charge on any atom is -0.454 e. The van der Waals surface area contributed by atoms with Crippen LogP contribution in [0.4, 0.5) is 0 Å². The second kappa shape index (κ2) is 9.27. The zero-order valence-corrected chi connectivity index (χ0v) is 20.2. The van der Waals surface area contributed by atoms with Crippen molar-refractivity contribution in [1.82, 2.24) is 18.8 Å². The van der Waals surface area contributed by atoms with Gasteiger partial charge in [0.2, 0.25) is 15.6 Å². The quantitative estimate of drug-likeness (QED) is 0.411. The summed E-state index contributed by atoms with van der Waals surface area (Å²) in [5, 5.41) is 0.591. The van der Waals surface area contributed by atoms with Gasteiger partial charge in [0.15, 0.2) is 0 Å². The number of ether oxygens (including phenoxy) is 1. The van der Waals surface area contributed by atoms with Gasteiger partial charge in [-0.15, -0.1) is 0 Å². The third-order valence-corrected chi connectivity index (χ3v) is 8.27. The van der Waals surface area contributed by atoms with Crippen molar-refractivity contribution < 1.29 is 17.9 Å². The van der Waals surface area contributed by atoms with Gasteiger partial charge in [-0.3, -0.25) is 4.79 Å². The van der Waals surface area contributed by atoms with Crippen molar-refractivity contribution in [3.8, 4) is 0 Å². The third kappa shape index (κ3) is 4.35. The van der Waals surface area contributed by atoms with Crippen LogP contribution < -0.4 is 5.56 Å². The second-order valence-electron chi connectivity index (χ2n) is 8.56. The molecule has 0 amide bonds. The number of carbonyl (C=O) groups excluding carboxylic acids is 1. The van der Waals surface area contributed by atoms with Gasteiger partial charge in [0.05, 0.1) is 21.5 Å². The van der Waals surface area contributed by atoms with E-state index in [0.29, 0.717) is 41.9 Å². The Bertz CT molecular complexity index is 1580. The van der Waals surface area contributed by atoms with Gasteiger partial charge >= 0.3 is 5.97 Å². The molecular formula is C25H26N4O5S. The lowest BCUT2D eigenvalue weighted by molar-refractivity contribution is 0.0461. The predicted molar refractivity (Wildman–Crippen MR) is 132 cm³/mol. The molecular weight excluding hydrogens is 468 g/mol. The Morgan fingerprint density at radius 2 is 1.86 bits per heavy atom. The van der Waals surface area contributed by atoms with E-state index in [2.05, 4.69) is 9.97 Å². The van der Waals surface area contributed by atoms with Crippen LogP contribution in [0.2, 0.25) is 0 Å². The van der Waals surface area contributed by atoms with Gasteiger partial charge in [-0.2, -0.15) is 4.31 Å². The Morgan fingerprint density at radius 1 is 1.09 bits per heavy atom. The zero-order valence-electron chi connectivity index (χ0n) is 19.4. The molecule has 1 N–H and O–H groups in total. The minimum atomic E-state index is -3.58. The fourth-order valence-electron chi connectivity index (χ4n) is 4.62. The first kappa shape index (κ1) is 23.3. The number of para-hydroxylation sites is 1. The van der Waals surface area contributed by atoms with Crippen molar-refractivity contribution in [1.29, 1.82) is 0 Å². The molecule has 1 fully saturated rings. The molecule has 2 aromatic carbocycles. The topological polar surface area (TPSA) is 114 Å². The zero-order chi connectivity index (χ0) is 24.6. The molecule has 1 aliphatic heterocycles. The summed E-state index contributed by atoms with van der Waals surface area (Å²) in [5.41, 5.74) is 1.63. The van der Waals surface area contributed by atoms with Gasteiger partial charge in [0.25, 0.3) is 0 Å². The molecule has 5 rings (SSSR count). The highest BCUT2D eigenvalue weighted by atomic mass is 32.2. The molecule has 0 spiro atoms. The van der Waals surface area contributed by atoms with Gasteiger partial charge in [-0.1, -0.05) is 24.6 Å². The molecule has 182 valence electrons. The van der Waals surface area contributed by atoms with E-state index in [1.165, 1.54) is 10.4 Å². The molecule has 9 nitrogen and oxygen atoms in total. The summed E-state index contributed by atoms with van der Waals surface area (Å²) >= 11 is 0. The largest absolute Gasteiger partial charge is 0.454 e. The number of fused-ring (bicyclic) bond motifs is 2. The number of esters is 1. The highest BCUT2D eigenvalue weighted by molar-refractivity contribution is 7.89. The molecule has 0 unspecified atom stereocenters. The summed E-state index contributed by atoms with van der Waals surface area (Å²) in [4.78, 5) is 32.4. The number of H-pyrrole nitrogens is 1. The molecule has 1 aliphatic rings. The molecule has 0 saturated carbocycles. The number of sulfonamides is 1. The Kier molecular flexibility index (Phi) is 6.16. The molecule has 0 atom stereocenters. The lowest BCUT2D eigenvalue weighted by atomic mass is 10.1. The average Bonchev–Trinajstić information content (AvgIpc) is 3.24. The van der Waals surface area contributed by atoms with Crippen LogP contribution in [0.3, 0.4) is 0 Å². The van der Waals surface area contributed by atoms with E-state index >= 15 is 0 Å². The fraction of sp³-hybridized carbons (Fsp3) is 0.320. The molecule has 2 aromatic heterocycles. The Hall–Kier alpha value is -3.50. The van der Waals surface area contributed by atoms with Crippen LogP contribution in [0.15, 0.2) is 58.2 Å². The number of nitrogens with one attached hydrogen (secondary N) is 1. The summed E-state index contributed by atoms with van der Waals surface area (Å²) in [6.45, 7) is 3.45. The highest BCUT2D eigenvalue weighted by Crippen LogP contribution is 2.25. The number of nitrogens with zero attached hydrogens (tertiary/aromatic N) is 3. The number of aryl methyl sites for hydroxylation is 1. The monoisotopic (exact) mass is 494 g/mol. The van der Waals surface area contributed by atoms with Crippen LogP contribution in [-0.2, 0) is 27.9 Å². The Balaban J connectivity index is 1.43. The van der Waals surface area contributed by atoms with Crippen LogP contribution in [-0.4, -0.2) is 46.3 Å². The van der Waals surface area contributed by atoms with Crippen LogP contribution in [0, 0.1) is 0 Å². The molecule has 1 saturated heterocycles. The van der Waals surface area contributed by atoms with Crippen molar-refractivity contribution in [2.75, 3.05) is 13.1 Å². The number of pyridine rings is 1. The van der Waals surface area contributed by atoms with E-state index in [4.69, 9.17) is 4.74 Å². The molecule has 4 aromatic rings. The number of hydrogen-bond acceptors (Lipinski definition) is 6. The van der Waals surface area contributed by atoms with Gasteiger partial charge in [-0.05, 0) is 44.0 Å². The molecule has 3 heterocycles. The first-order valence-corrected chi connectivity index (χ1v) is 13.1. The lowest BCUT2D eigenvalue weighted by Gasteiger charge is -2.25. The minimum absolute atomic E-state index is 0.114. The molecule has 0 radical (unpaired) electrons. The van der Waals surface area contributed by atoms with E-state index < -0.39 is 16.0 Å². The van der Waals surface area contributed by atoms with Crippen molar-refractivity contribution >= 4 is 37.9 Å². The van der Waals surface area contributed by atoms with E-state index in [-0.39, 0.29) is 22.6 Å². The van der Waals surface area contributed by atoms with Crippen LogP contribution >= 0.6 is 0 Å². The molecule has 0 bridgehead atoms. The van der Waals surface area contributed by atoms with Crippen LogP contribution in [0.25, 0.3) is 21.9 Å². The SMILES string of the molecule is CCn1c(COC(=O)c2cc(=O)[nH]c3ccccc23)nc2cc(S(=O)(=O)N3CCCCC3)ccc21. The smallest absolute Gasteiger partial charge is 0.339 e. The number of carbonyl (C=O) groups is 1. The first-order valence-electron chi connectivity index (χ1n) is 11.7. The number of hydrogen-bond donors (Lipinski definition) is 1. The number of aromatic amines is 1.